The zero-order valence-electron chi connectivity index (χ0n) is 51.6. The van der Waals surface area contributed by atoms with E-state index in [4.69, 9.17) is 14.2 Å². The number of carbonyl (C=O) groups is 3. The molecule has 0 saturated heterocycles. The molecule has 0 N–H and O–H groups in total. The van der Waals surface area contributed by atoms with Crippen molar-refractivity contribution in [3.63, 3.8) is 0 Å². The van der Waals surface area contributed by atoms with E-state index in [1.807, 2.05) is 0 Å². The monoisotopic (exact) mass is 1090 g/mol. The Labute approximate surface area is 488 Å². The first kappa shape index (κ1) is 74.8. The van der Waals surface area contributed by atoms with Crippen LogP contribution in [-0.4, -0.2) is 37.2 Å². The van der Waals surface area contributed by atoms with Crippen LogP contribution in [0.1, 0.15) is 303 Å². The number of rotatable bonds is 59. The molecular formula is C73H122O6. The summed E-state index contributed by atoms with van der Waals surface area (Å²) >= 11 is 0. The smallest absolute Gasteiger partial charge is 0.306 e. The van der Waals surface area contributed by atoms with Crippen molar-refractivity contribution in [3.8, 4) is 0 Å². The summed E-state index contributed by atoms with van der Waals surface area (Å²) in [5.41, 5.74) is 0. The molecule has 0 aromatic heterocycles. The topological polar surface area (TPSA) is 78.9 Å². The molecule has 0 aliphatic rings. The van der Waals surface area contributed by atoms with E-state index in [0.29, 0.717) is 19.3 Å². The number of unbranched alkanes of at least 4 members (excludes halogenated alkanes) is 28. The molecule has 6 nitrogen and oxygen atoms in total. The Hall–Kier alpha value is -4.19. The Morgan fingerprint density at radius 1 is 0.266 bits per heavy atom. The van der Waals surface area contributed by atoms with Gasteiger partial charge in [-0.25, -0.2) is 0 Å². The highest BCUT2D eigenvalue weighted by Gasteiger charge is 2.19. The van der Waals surface area contributed by atoms with Crippen LogP contribution in [0.5, 0.6) is 0 Å². The number of hydrogen-bond acceptors (Lipinski definition) is 6. The SMILES string of the molecule is CC/C=C\C/C=C\C/C=C\C/C=C\C/C=C\C/C=C\CCCCCCC(=O)OCC(COC(=O)CCCCCCCCCCCCCCCCCCC)OC(=O)CCCCCCCCCC/C=C\C/C=C\C/C=C\C/C=C\CC. The molecule has 0 heterocycles. The van der Waals surface area contributed by atoms with Gasteiger partial charge in [0.15, 0.2) is 6.10 Å². The molecule has 0 aliphatic carbocycles. The standard InChI is InChI=1S/C73H122O6/c1-4-7-10-13-16-19-22-25-28-31-33-35-36-38-39-42-45-48-51-54-57-60-63-66-72(75)78-69-70(68-77-71(74)65-62-59-56-53-50-47-44-41-30-27-24-21-18-15-12-9-6-3)79-73(76)67-64-61-58-55-52-49-46-43-40-37-34-32-29-26-23-20-17-14-11-8-5-2/h7-8,10-11,16-17,19-20,25-26,28-29,33-35,37-39,45,48,70H,4-6,9,12-15,18,21-24,27,30-32,36,40-44,46-47,49-69H2,1-3H3/b10-7-,11-8-,19-16-,20-17-,28-25-,29-26-,35-33-,37-34-,39-38-,48-45-. The van der Waals surface area contributed by atoms with Gasteiger partial charge in [-0.1, -0.05) is 296 Å². The van der Waals surface area contributed by atoms with Gasteiger partial charge in [-0.3, -0.25) is 14.4 Å². The van der Waals surface area contributed by atoms with Crippen LogP contribution in [0.4, 0.5) is 0 Å². The lowest BCUT2D eigenvalue weighted by molar-refractivity contribution is -0.167. The highest BCUT2D eigenvalue weighted by Crippen LogP contribution is 2.16. The predicted octanol–water partition coefficient (Wildman–Crippen LogP) is 22.8. The number of hydrogen-bond donors (Lipinski definition) is 0. The van der Waals surface area contributed by atoms with Crippen LogP contribution >= 0.6 is 0 Å². The van der Waals surface area contributed by atoms with Gasteiger partial charge in [0, 0.05) is 19.3 Å². The van der Waals surface area contributed by atoms with Gasteiger partial charge in [-0.2, -0.15) is 0 Å². The van der Waals surface area contributed by atoms with Crippen LogP contribution in [0.2, 0.25) is 0 Å². The molecule has 450 valence electrons. The molecule has 0 bridgehead atoms. The van der Waals surface area contributed by atoms with E-state index in [1.165, 1.54) is 122 Å². The fraction of sp³-hybridized carbons (Fsp3) is 0.685. The molecule has 79 heavy (non-hydrogen) atoms. The lowest BCUT2D eigenvalue weighted by Gasteiger charge is -2.18. The van der Waals surface area contributed by atoms with Gasteiger partial charge in [-0.15, -0.1) is 0 Å². The Morgan fingerprint density at radius 2 is 0.494 bits per heavy atom. The van der Waals surface area contributed by atoms with Crippen molar-refractivity contribution < 1.29 is 28.6 Å². The summed E-state index contributed by atoms with van der Waals surface area (Å²) in [4.78, 5) is 38.4. The molecule has 0 rings (SSSR count). The van der Waals surface area contributed by atoms with E-state index < -0.39 is 6.10 Å². The van der Waals surface area contributed by atoms with E-state index in [2.05, 4.69) is 142 Å². The summed E-state index contributed by atoms with van der Waals surface area (Å²) in [6.45, 7) is 6.42. The Morgan fingerprint density at radius 3 is 0.772 bits per heavy atom. The highest BCUT2D eigenvalue weighted by atomic mass is 16.6. The first-order valence-corrected chi connectivity index (χ1v) is 33.0. The van der Waals surface area contributed by atoms with Crippen LogP contribution < -0.4 is 0 Å². The van der Waals surface area contributed by atoms with E-state index in [-0.39, 0.29) is 31.1 Å². The zero-order valence-corrected chi connectivity index (χ0v) is 51.6. The van der Waals surface area contributed by atoms with Crippen molar-refractivity contribution >= 4 is 17.9 Å². The van der Waals surface area contributed by atoms with Gasteiger partial charge in [0.05, 0.1) is 0 Å². The maximum absolute atomic E-state index is 12.9. The van der Waals surface area contributed by atoms with Crippen molar-refractivity contribution in [2.24, 2.45) is 0 Å². The van der Waals surface area contributed by atoms with Gasteiger partial charge < -0.3 is 14.2 Å². The van der Waals surface area contributed by atoms with Crippen molar-refractivity contribution in [1.29, 1.82) is 0 Å². The van der Waals surface area contributed by atoms with E-state index >= 15 is 0 Å². The molecule has 0 aliphatic heterocycles. The fourth-order valence-corrected chi connectivity index (χ4v) is 9.09. The average Bonchev–Trinajstić information content (AvgIpc) is 3.45. The molecule has 1 atom stereocenters. The maximum atomic E-state index is 12.9. The Bertz CT molecular complexity index is 1640. The van der Waals surface area contributed by atoms with Gasteiger partial charge in [0.25, 0.3) is 0 Å². The second-order valence-electron chi connectivity index (χ2n) is 21.6. The fourth-order valence-electron chi connectivity index (χ4n) is 9.09. The number of ether oxygens (including phenoxy) is 3. The van der Waals surface area contributed by atoms with E-state index in [1.54, 1.807) is 0 Å². The third-order valence-electron chi connectivity index (χ3n) is 14.0. The van der Waals surface area contributed by atoms with Crippen molar-refractivity contribution in [2.75, 3.05) is 13.2 Å². The molecular weight excluding hydrogens is 973 g/mol. The summed E-state index contributed by atoms with van der Waals surface area (Å²) in [5, 5.41) is 0. The van der Waals surface area contributed by atoms with Crippen LogP contribution in [0.3, 0.4) is 0 Å². The number of carbonyl (C=O) groups excluding carboxylic acids is 3. The Kier molecular flexibility index (Phi) is 62.8. The molecule has 6 heteroatoms. The summed E-state index contributed by atoms with van der Waals surface area (Å²) in [5.74, 6) is -0.914. The van der Waals surface area contributed by atoms with Crippen LogP contribution in [0.25, 0.3) is 0 Å². The molecule has 0 amide bonds. The minimum absolute atomic E-state index is 0.0896. The van der Waals surface area contributed by atoms with Crippen molar-refractivity contribution in [2.45, 2.75) is 309 Å². The van der Waals surface area contributed by atoms with Gasteiger partial charge in [0.1, 0.15) is 13.2 Å². The predicted molar refractivity (Wildman–Crippen MR) is 343 cm³/mol. The molecule has 1 unspecified atom stereocenters. The number of allylic oxidation sites excluding steroid dienone is 20. The van der Waals surface area contributed by atoms with Crippen LogP contribution in [0, 0.1) is 0 Å². The first-order chi connectivity index (χ1) is 39.0. The first-order valence-electron chi connectivity index (χ1n) is 33.0. The summed E-state index contributed by atoms with van der Waals surface area (Å²) in [7, 11) is 0. The second kappa shape index (κ2) is 66.3. The zero-order chi connectivity index (χ0) is 57.1. The number of esters is 3. The second-order valence-corrected chi connectivity index (χ2v) is 21.6. The normalized spacial score (nSPS) is 12.9. The lowest BCUT2D eigenvalue weighted by Crippen LogP contribution is -2.30. The minimum atomic E-state index is -0.797. The van der Waals surface area contributed by atoms with Gasteiger partial charge in [0.2, 0.25) is 0 Å². The van der Waals surface area contributed by atoms with Gasteiger partial charge in [-0.05, 0) is 109 Å². The van der Waals surface area contributed by atoms with Crippen molar-refractivity contribution in [3.05, 3.63) is 122 Å². The van der Waals surface area contributed by atoms with E-state index in [9.17, 15) is 14.4 Å². The molecule has 0 radical (unpaired) electrons. The van der Waals surface area contributed by atoms with Crippen LogP contribution in [-0.2, 0) is 28.6 Å². The Balaban J connectivity index is 4.45. The maximum Gasteiger partial charge on any atom is 0.306 e. The van der Waals surface area contributed by atoms with Crippen molar-refractivity contribution in [1.82, 2.24) is 0 Å². The molecule has 0 saturated carbocycles. The molecule has 0 aromatic rings. The van der Waals surface area contributed by atoms with Gasteiger partial charge >= 0.3 is 17.9 Å². The third-order valence-corrected chi connectivity index (χ3v) is 14.0. The minimum Gasteiger partial charge on any atom is -0.462 e. The average molecular weight is 1100 g/mol. The molecule has 0 spiro atoms. The lowest BCUT2D eigenvalue weighted by atomic mass is 10.0. The molecule has 0 fully saturated rings. The van der Waals surface area contributed by atoms with Crippen LogP contribution in [0.15, 0.2) is 122 Å². The molecule has 0 aromatic carbocycles. The highest BCUT2D eigenvalue weighted by molar-refractivity contribution is 5.71. The summed E-state index contributed by atoms with van der Waals surface area (Å²) in [6, 6.07) is 0. The quantitative estimate of drug-likeness (QED) is 0.0261. The van der Waals surface area contributed by atoms with E-state index in [0.717, 1.165) is 141 Å². The largest absolute Gasteiger partial charge is 0.462 e. The third kappa shape index (κ3) is 64.5. The summed E-state index contributed by atoms with van der Waals surface area (Å²) < 4.78 is 16.9. The summed E-state index contributed by atoms with van der Waals surface area (Å²) in [6.07, 6.45) is 92.0.